The number of hydrogen-bond donors (Lipinski definition) is 2. The summed E-state index contributed by atoms with van der Waals surface area (Å²) in [6.45, 7) is 8.38. The lowest BCUT2D eigenvalue weighted by Gasteiger charge is -2.31. The minimum absolute atomic E-state index is 0.0648. The van der Waals surface area contributed by atoms with Gasteiger partial charge in [-0.1, -0.05) is 6.92 Å². The van der Waals surface area contributed by atoms with Crippen LogP contribution in [0, 0.1) is 5.82 Å². The molecule has 0 spiro atoms. The van der Waals surface area contributed by atoms with Crippen molar-refractivity contribution in [3.8, 4) is 23.0 Å². The van der Waals surface area contributed by atoms with Crippen LogP contribution in [0.15, 0.2) is 6.20 Å². The minimum Gasteiger partial charge on any atom is -0.417 e. The third kappa shape index (κ3) is 3.68. The van der Waals surface area contributed by atoms with Crippen molar-refractivity contribution in [2.24, 2.45) is 0 Å². The maximum Gasteiger partial charge on any atom is 0.258 e. The number of pyridine rings is 1. The second-order valence-corrected chi connectivity index (χ2v) is 10.4. The zero-order chi connectivity index (χ0) is 24.5. The number of H-pyrrole nitrogens is 1. The number of hydrogen-bond acceptors (Lipinski definition) is 6. The van der Waals surface area contributed by atoms with Crippen molar-refractivity contribution in [2.75, 3.05) is 13.1 Å². The van der Waals surface area contributed by atoms with E-state index in [-0.39, 0.29) is 28.5 Å². The highest BCUT2D eigenvalue weighted by atomic mass is 35.5. The van der Waals surface area contributed by atoms with Gasteiger partial charge in [0.15, 0.2) is 5.82 Å². The maximum atomic E-state index is 16.0. The highest BCUT2D eigenvalue weighted by molar-refractivity contribution is 6.28. The number of rotatable bonds is 3. The highest BCUT2D eigenvalue weighted by Crippen LogP contribution is 2.42. The molecule has 0 atom stereocenters. The molecular weight excluding hydrogens is 471 g/mol. The van der Waals surface area contributed by atoms with E-state index in [2.05, 4.69) is 37.1 Å². The van der Waals surface area contributed by atoms with Gasteiger partial charge in [-0.3, -0.25) is 9.69 Å². The molecule has 0 bridgehead atoms. The van der Waals surface area contributed by atoms with Gasteiger partial charge in [0.25, 0.3) is 11.8 Å². The van der Waals surface area contributed by atoms with E-state index < -0.39 is 5.82 Å². The topological polar surface area (TPSA) is 96.0 Å². The number of likely N-dealkylation sites (N-methyl/N-ethyl adjacent to an activating group) is 1. The number of aromatic amines is 1. The predicted molar refractivity (Wildman–Crippen MR) is 128 cm³/mol. The number of fused-ring (bicyclic) bond motifs is 6. The fourth-order valence-corrected chi connectivity index (χ4v) is 5.65. The Morgan fingerprint density at radius 3 is 2.80 bits per heavy atom. The van der Waals surface area contributed by atoms with E-state index in [1.165, 1.54) is 0 Å². The van der Waals surface area contributed by atoms with Crippen LogP contribution in [0.1, 0.15) is 59.2 Å². The van der Waals surface area contributed by atoms with E-state index in [4.69, 9.17) is 16.3 Å². The Labute approximate surface area is 207 Å². The Kier molecular flexibility index (Phi) is 5.12. The van der Waals surface area contributed by atoms with Crippen LogP contribution < -0.4 is 10.1 Å². The van der Waals surface area contributed by atoms with Gasteiger partial charge in [-0.15, -0.1) is 0 Å². The number of nitrogens with zero attached hydrogens (tertiary/aromatic N) is 4. The molecule has 6 rings (SSSR count). The summed E-state index contributed by atoms with van der Waals surface area (Å²) in [5, 5.41) is 3.12. The number of aryl methyl sites for hydroxylation is 1. The number of ether oxygens (including phenoxy) is 1. The lowest BCUT2D eigenvalue weighted by Crippen LogP contribution is -2.49. The van der Waals surface area contributed by atoms with Crippen molar-refractivity contribution in [2.45, 2.75) is 58.5 Å². The summed E-state index contributed by atoms with van der Waals surface area (Å²) in [7, 11) is 0. The lowest BCUT2D eigenvalue weighted by atomic mass is 9.86. The fourth-order valence-electron chi connectivity index (χ4n) is 5.48. The number of amides is 1. The molecular formula is C25H26ClFN6O2. The molecule has 8 nitrogen and oxygen atoms in total. The van der Waals surface area contributed by atoms with Crippen LogP contribution in [0.2, 0.25) is 5.28 Å². The first kappa shape index (κ1) is 22.4. The van der Waals surface area contributed by atoms with Gasteiger partial charge in [0, 0.05) is 48.9 Å². The smallest absolute Gasteiger partial charge is 0.258 e. The summed E-state index contributed by atoms with van der Waals surface area (Å²) in [5.41, 5.74) is 5.38. The Bertz CT molecular complexity index is 1390. The highest BCUT2D eigenvalue weighted by Gasteiger charge is 2.37. The number of nitrogens with one attached hydrogen (secondary N) is 2. The van der Waals surface area contributed by atoms with Crippen molar-refractivity contribution in [1.82, 2.24) is 30.2 Å². The molecule has 2 N–H and O–H groups in total. The van der Waals surface area contributed by atoms with E-state index >= 15 is 4.39 Å². The van der Waals surface area contributed by atoms with Crippen molar-refractivity contribution in [1.29, 1.82) is 0 Å². The molecule has 5 heterocycles. The Hall–Kier alpha value is -3.04. The molecule has 0 fully saturated rings. The fraction of sp³-hybridized carbons (Fsp3) is 0.440. The van der Waals surface area contributed by atoms with Gasteiger partial charge >= 0.3 is 0 Å². The molecule has 10 heteroatoms. The zero-order valence-electron chi connectivity index (χ0n) is 19.9. The standard InChI is InChI=1S/C25H26ClFN6O2/c1-4-33-8-7-15-14(11-33)22(31-24(26)30-15)35-23-19(27)17-12(10-28-23)5-6-13-18-16(29-20(13)17)9-25(2,3)32-21(18)34/h10,29H,4-9,11H2,1-3H3,(H,32,34). The predicted octanol–water partition coefficient (Wildman–Crippen LogP) is 3.99. The van der Waals surface area contributed by atoms with Crippen LogP contribution in [0.5, 0.6) is 11.8 Å². The second kappa shape index (κ2) is 7.99. The molecule has 3 aliphatic rings. The summed E-state index contributed by atoms with van der Waals surface area (Å²) >= 11 is 6.16. The molecule has 0 saturated carbocycles. The minimum atomic E-state index is -0.576. The number of aromatic nitrogens is 4. The first-order valence-corrected chi connectivity index (χ1v) is 12.3. The monoisotopic (exact) mass is 496 g/mol. The molecule has 182 valence electrons. The molecule has 0 saturated heterocycles. The second-order valence-electron chi connectivity index (χ2n) is 10.1. The summed E-state index contributed by atoms with van der Waals surface area (Å²) in [6, 6.07) is 0. The van der Waals surface area contributed by atoms with E-state index in [1.807, 2.05) is 13.8 Å². The van der Waals surface area contributed by atoms with E-state index in [9.17, 15) is 4.79 Å². The van der Waals surface area contributed by atoms with Gasteiger partial charge in [-0.25, -0.2) is 14.4 Å². The van der Waals surface area contributed by atoms with E-state index in [1.54, 1.807) is 6.20 Å². The van der Waals surface area contributed by atoms with E-state index in [0.29, 0.717) is 42.6 Å². The average Bonchev–Trinajstić information content (AvgIpc) is 3.17. The normalized spacial score (nSPS) is 18.3. The lowest BCUT2D eigenvalue weighted by molar-refractivity contribution is 0.0895. The summed E-state index contributed by atoms with van der Waals surface area (Å²) < 4.78 is 22.0. The van der Waals surface area contributed by atoms with Crippen LogP contribution >= 0.6 is 11.6 Å². The van der Waals surface area contributed by atoms with Crippen molar-refractivity contribution < 1.29 is 13.9 Å². The van der Waals surface area contributed by atoms with Crippen LogP contribution in [0.4, 0.5) is 4.39 Å². The van der Waals surface area contributed by atoms with Crippen LogP contribution in [-0.4, -0.2) is 49.4 Å². The van der Waals surface area contributed by atoms with Gasteiger partial charge in [0.05, 0.1) is 22.5 Å². The number of carbonyl (C=O) groups is 1. The van der Waals surface area contributed by atoms with Crippen LogP contribution in [-0.2, 0) is 32.2 Å². The molecule has 0 unspecified atom stereocenters. The van der Waals surface area contributed by atoms with Gasteiger partial charge < -0.3 is 15.0 Å². The Morgan fingerprint density at radius 1 is 1.17 bits per heavy atom. The Balaban J connectivity index is 1.43. The van der Waals surface area contributed by atoms with Crippen molar-refractivity contribution in [3.63, 3.8) is 0 Å². The molecule has 2 aliphatic heterocycles. The van der Waals surface area contributed by atoms with Crippen molar-refractivity contribution in [3.05, 3.63) is 50.9 Å². The van der Waals surface area contributed by atoms with Gasteiger partial charge in [0.1, 0.15) is 0 Å². The van der Waals surface area contributed by atoms with Crippen LogP contribution in [0.25, 0.3) is 11.3 Å². The first-order valence-electron chi connectivity index (χ1n) is 11.9. The maximum absolute atomic E-state index is 16.0. The third-order valence-electron chi connectivity index (χ3n) is 7.15. The SMILES string of the molecule is CCN1CCc2nc(Cl)nc(Oc3ncc4c(c3F)-c3[nH]c5c(c3CC4)C(=O)NC(C)(C)C5)c2C1. The number of halogens is 2. The average molecular weight is 497 g/mol. The first-order chi connectivity index (χ1) is 16.7. The van der Waals surface area contributed by atoms with Gasteiger partial charge in [-0.2, -0.15) is 4.98 Å². The largest absolute Gasteiger partial charge is 0.417 e. The van der Waals surface area contributed by atoms with Crippen LogP contribution in [0.3, 0.4) is 0 Å². The molecule has 3 aromatic heterocycles. The third-order valence-corrected chi connectivity index (χ3v) is 7.32. The zero-order valence-corrected chi connectivity index (χ0v) is 20.6. The number of carbonyl (C=O) groups excluding carboxylic acids is 1. The summed E-state index contributed by atoms with van der Waals surface area (Å²) in [5.74, 6) is -0.633. The quantitative estimate of drug-likeness (QED) is 0.532. The van der Waals surface area contributed by atoms with Crippen molar-refractivity contribution >= 4 is 17.5 Å². The summed E-state index contributed by atoms with van der Waals surface area (Å²) in [4.78, 5) is 31.4. The molecule has 0 radical (unpaired) electrons. The van der Waals surface area contributed by atoms with Gasteiger partial charge in [-0.05, 0) is 56.0 Å². The molecule has 3 aromatic rings. The summed E-state index contributed by atoms with van der Waals surface area (Å²) in [6.07, 6.45) is 4.25. The molecule has 35 heavy (non-hydrogen) atoms. The van der Waals surface area contributed by atoms with E-state index in [0.717, 1.165) is 47.6 Å². The Morgan fingerprint density at radius 2 is 2.00 bits per heavy atom. The molecule has 1 aliphatic carbocycles. The molecule has 0 aromatic carbocycles. The molecule has 1 amide bonds. The van der Waals surface area contributed by atoms with Gasteiger partial charge in [0.2, 0.25) is 11.2 Å².